The summed E-state index contributed by atoms with van der Waals surface area (Å²) in [6.45, 7) is 5.56. The molecule has 0 spiro atoms. The molecule has 0 aliphatic heterocycles. The van der Waals surface area contributed by atoms with Gasteiger partial charge in [0.2, 0.25) is 5.91 Å². The van der Waals surface area contributed by atoms with Crippen LogP contribution in [-0.4, -0.2) is 42.0 Å². The van der Waals surface area contributed by atoms with Gasteiger partial charge in [-0.05, 0) is 43.0 Å². The zero-order valence-electron chi connectivity index (χ0n) is 20.6. The lowest BCUT2D eigenvalue weighted by Crippen LogP contribution is -2.53. The molecule has 0 saturated carbocycles. The number of nitrogens with one attached hydrogen (secondary N) is 2. The van der Waals surface area contributed by atoms with Crippen LogP contribution in [0.3, 0.4) is 0 Å². The molecule has 0 aliphatic carbocycles. The molecule has 2 N–H and O–H groups in total. The van der Waals surface area contributed by atoms with Crippen molar-refractivity contribution in [3.05, 3.63) is 54.2 Å². The van der Waals surface area contributed by atoms with Gasteiger partial charge < -0.3 is 19.8 Å². The minimum Gasteiger partial charge on any atom is -0.484 e. The van der Waals surface area contributed by atoms with Crippen molar-refractivity contribution < 1.29 is 27.9 Å². The first-order valence-electron chi connectivity index (χ1n) is 11.9. The molecule has 192 valence electrons. The molecule has 2 aromatic rings. The molecule has 9 heteroatoms. The number of carbonyl (C=O) groups excluding carboxylic acids is 3. The number of carbonyl (C=O) groups is 3. The topological polar surface area (TPSA) is 97.6 Å². The summed E-state index contributed by atoms with van der Waals surface area (Å²) in [5, 5.41) is 5.55. The van der Waals surface area contributed by atoms with Crippen molar-refractivity contribution in [2.24, 2.45) is 5.92 Å². The Morgan fingerprint density at radius 3 is 2.57 bits per heavy atom. The van der Waals surface area contributed by atoms with Crippen LogP contribution in [-0.2, 0) is 20.1 Å². The molecule has 35 heavy (non-hydrogen) atoms. The third kappa shape index (κ3) is 11.0. The van der Waals surface area contributed by atoms with E-state index in [0.29, 0.717) is 18.6 Å². The number of rotatable bonds is 16. The molecule has 0 bridgehead atoms. The quantitative estimate of drug-likeness (QED) is 0.348. The third-order valence-corrected chi connectivity index (χ3v) is 6.12. The fourth-order valence-electron chi connectivity index (χ4n) is 3.39. The number of hydrogen-bond acceptors (Lipinski definition) is 6. The smallest absolute Gasteiger partial charge is 0.258 e. The summed E-state index contributed by atoms with van der Waals surface area (Å²) in [5.74, 6) is 0.535. The van der Waals surface area contributed by atoms with E-state index in [2.05, 4.69) is 10.6 Å². The molecule has 7 nitrogen and oxygen atoms in total. The lowest BCUT2D eigenvalue weighted by Gasteiger charge is -2.24. The average Bonchev–Trinajstić information content (AvgIpc) is 3.33. The number of thioether (sulfide) groups is 1. The highest BCUT2D eigenvalue weighted by Crippen LogP contribution is 2.15. The van der Waals surface area contributed by atoms with Crippen molar-refractivity contribution in [3.63, 3.8) is 0 Å². The van der Waals surface area contributed by atoms with E-state index in [1.165, 1.54) is 30.0 Å². The van der Waals surface area contributed by atoms with E-state index >= 15 is 0 Å². The predicted molar refractivity (Wildman–Crippen MR) is 135 cm³/mol. The van der Waals surface area contributed by atoms with Gasteiger partial charge in [0, 0.05) is 6.07 Å². The highest BCUT2D eigenvalue weighted by molar-refractivity contribution is 7.99. The number of unbranched alkanes of at least 4 members (excludes halogenated alkanes) is 1. The van der Waals surface area contributed by atoms with Gasteiger partial charge in [-0.3, -0.25) is 14.4 Å². The standard InChI is InChI=1S/C26H35FN2O5S/c1-4-5-11-22(24(30)17-35-16-21-10-7-12-33-21)29-26(32)23(13-18(2)3)28-25(31)15-34-20-9-6-8-19(27)14-20/h6-10,12,14,18,22-23H,4-5,11,13,15-17H2,1-3H3,(H,28,31)(H,29,32)/t22-,23-/m0/s1. The lowest BCUT2D eigenvalue weighted by molar-refractivity contribution is -0.132. The maximum Gasteiger partial charge on any atom is 0.258 e. The Labute approximate surface area is 210 Å². The summed E-state index contributed by atoms with van der Waals surface area (Å²) in [6, 6.07) is 7.70. The fourth-order valence-corrected chi connectivity index (χ4v) is 4.26. The number of Topliss-reactive ketones (excluding diaryl/α,β-unsaturated/α-hetero) is 1. The van der Waals surface area contributed by atoms with Gasteiger partial charge in [0.05, 0.1) is 23.8 Å². The number of furan rings is 1. The van der Waals surface area contributed by atoms with Gasteiger partial charge >= 0.3 is 0 Å². The van der Waals surface area contributed by atoms with Gasteiger partial charge in [-0.2, -0.15) is 0 Å². The molecule has 0 fully saturated rings. The molecule has 0 radical (unpaired) electrons. The van der Waals surface area contributed by atoms with Gasteiger partial charge in [0.15, 0.2) is 12.4 Å². The van der Waals surface area contributed by atoms with Crippen molar-refractivity contribution in [1.82, 2.24) is 10.6 Å². The van der Waals surface area contributed by atoms with Crippen molar-refractivity contribution in [3.8, 4) is 5.75 Å². The Hall–Kier alpha value is -2.81. The summed E-state index contributed by atoms with van der Waals surface area (Å²) >= 11 is 1.44. The number of hydrogen-bond donors (Lipinski definition) is 2. The first-order valence-corrected chi connectivity index (χ1v) is 13.0. The highest BCUT2D eigenvalue weighted by Gasteiger charge is 2.27. The van der Waals surface area contributed by atoms with E-state index in [1.807, 2.05) is 26.8 Å². The van der Waals surface area contributed by atoms with Gasteiger partial charge in [0.1, 0.15) is 23.4 Å². The maximum absolute atomic E-state index is 13.3. The van der Waals surface area contributed by atoms with Crippen LogP contribution in [0, 0.1) is 11.7 Å². The largest absolute Gasteiger partial charge is 0.484 e. The van der Waals surface area contributed by atoms with E-state index < -0.39 is 29.7 Å². The summed E-state index contributed by atoms with van der Waals surface area (Å²) in [5.41, 5.74) is 0. The predicted octanol–water partition coefficient (Wildman–Crippen LogP) is 4.51. The van der Waals surface area contributed by atoms with Crippen molar-refractivity contribution in [2.75, 3.05) is 12.4 Å². The van der Waals surface area contributed by atoms with Crippen LogP contribution in [0.25, 0.3) is 0 Å². The second-order valence-corrected chi connectivity index (χ2v) is 9.72. The van der Waals surface area contributed by atoms with Gasteiger partial charge in [-0.15, -0.1) is 11.8 Å². The number of ether oxygens (including phenoxy) is 1. The van der Waals surface area contributed by atoms with Crippen LogP contribution in [0.2, 0.25) is 0 Å². The maximum atomic E-state index is 13.3. The second-order valence-electron chi connectivity index (χ2n) is 8.74. The van der Waals surface area contributed by atoms with Gasteiger partial charge in [0.25, 0.3) is 5.91 Å². The summed E-state index contributed by atoms with van der Waals surface area (Å²) < 4.78 is 23.9. The molecule has 2 rings (SSSR count). The summed E-state index contributed by atoms with van der Waals surface area (Å²) in [4.78, 5) is 38.4. The molecular formula is C26H35FN2O5S. The van der Waals surface area contributed by atoms with Crippen molar-refractivity contribution in [1.29, 1.82) is 0 Å². The molecular weight excluding hydrogens is 471 g/mol. The fraction of sp³-hybridized carbons (Fsp3) is 0.500. The monoisotopic (exact) mass is 506 g/mol. The minimum absolute atomic E-state index is 0.0626. The van der Waals surface area contributed by atoms with Crippen LogP contribution in [0.1, 0.15) is 52.2 Å². The normalized spacial score (nSPS) is 12.7. The van der Waals surface area contributed by atoms with Crippen LogP contribution in [0.4, 0.5) is 4.39 Å². The summed E-state index contributed by atoms with van der Waals surface area (Å²) in [7, 11) is 0. The zero-order valence-corrected chi connectivity index (χ0v) is 21.4. The van der Waals surface area contributed by atoms with Crippen molar-refractivity contribution in [2.45, 2.75) is 64.3 Å². The Kier molecular flexibility index (Phi) is 12.4. The zero-order chi connectivity index (χ0) is 25.6. The molecule has 0 unspecified atom stereocenters. The Bertz CT molecular complexity index is 936. The number of halogens is 1. The van der Waals surface area contributed by atoms with Crippen LogP contribution >= 0.6 is 11.8 Å². The minimum atomic E-state index is -0.814. The number of amides is 2. The molecule has 0 saturated heterocycles. The Balaban J connectivity index is 1.94. The van der Waals surface area contributed by atoms with E-state index in [-0.39, 0.29) is 29.8 Å². The van der Waals surface area contributed by atoms with Gasteiger partial charge in [-0.25, -0.2) is 4.39 Å². The number of ketones is 1. The Morgan fingerprint density at radius 2 is 1.91 bits per heavy atom. The SMILES string of the molecule is CCCC[C@H](NC(=O)[C@H](CC(C)C)NC(=O)COc1cccc(F)c1)C(=O)CSCc1ccco1. The average molecular weight is 507 g/mol. The number of benzene rings is 1. The molecule has 2 amide bonds. The summed E-state index contributed by atoms with van der Waals surface area (Å²) in [6.07, 6.45) is 4.21. The van der Waals surface area contributed by atoms with Crippen LogP contribution in [0.5, 0.6) is 5.75 Å². The highest BCUT2D eigenvalue weighted by atomic mass is 32.2. The lowest BCUT2D eigenvalue weighted by atomic mass is 10.0. The van der Waals surface area contributed by atoms with E-state index in [1.54, 1.807) is 18.4 Å². The molecule has 2 atom stereocenters. The van der Waals surface area contributed by atoms with Gasteiger partial charge in [-0.1, -0.05) is 39.7 Å². The second kappa shape index (κ2) is 15.2. The Morgan fingerprint density at radius 1 is 1.11 bits per heavy atom. The van der Waals surface area contributed by atoms with Crippen LogP contribution in [0.15, 0.2) is 47.1 Å². The van der Waals surface area contributed by atoms with E-state index in [0.717, 1.165) is 18.6 Å². The third-order valence-electron chi connectivity index (χ3n) is 5.15. The first kappa shape index (κ1) is 28.4. The first-order chi connectivity index (χ1) is 16.8. The van der Waals surface area contributed by atoms with E-state index in [4.69, 9.17) is 9.15 Å². The van der Waals surface area contributed by atoms with E-state index in [9.17, 15) is 18.8 Å². The molecule has 1 aromatic heterocycles. The molecule has 1 aromatic carbocycles. The molecule has 0 aliphatic rings. The van der Waals surface area contributed by atoms with Crippen molar-refractivity contribution >= 4 is 29.4 Å². The molecule has 1 heterocycles. The van der Waals surface area contributed by atoms with Crippen LogP contribution < -0.4 is 15.4 Å².